The molecule has 0 atom stereocenters. The van der Waals surface area contributed by atoms with Crippen LogP contribution in [0.15, 0.2) is 36.5 Å². The second-order valence-corrected chi connectivity index (χ2v) is 5.89. The van der Waals surface area contributed by atoms with Gasteiger partial charge in [0.25, 0.3) is 0 Å². The summed E-state index contributed by atoms with van der Waals surface area (Å²) in [4.78, 5) is 6.68. The molecule has 1 N–H and O–H groups in total. The van der Waals surface area contributed by atoms with E-state index in [1.165, 1.54) is 10.9 Å². The molecule has 100 valence electrons. The molecule has 19 heavy (non-hydrogen) atoms. The van der Waals surface area contributed by atoms with Gasteiger partial charge in [0, 0.05) is 31.2 Å². The van der Waals surface area contributed by atoms with Gasteiger partial charge in [0.15, 0.2) is 0 Å². The smallest absolute Gasteiger partial charge is 0.0923 e. The number of pyridine rings is 1. The molecule has 1 fully saturated rings. The molecule has 0 bridgehead atoms. The first kappa shape index (κ1) is 12.6. The van der Waals surface area contributed by atoms with Crippen LogP contribution in [0.5, 0.6) is 0 Å². The van der Waals surface area contributed by atoms with E-state index in [0.29, 0.717) is 5.92 Å². The van der Waals surface area contributed by atoms with Crippen molar-refractivity contribution >= 4 is 10.9 Å². The molecule has 0 radical (unpaired) electrons. The summed E-state index contributed by atoms with van der Waals surface area (Å²) in [5.41, 5.74) is 1.83. The lowest BCUT2D eigenvalue weighted by atomic mass is 9.83. The highest BCUT2D eigenvalue weighted by Gasteiger charge is 2.43. The van der Waals surface area contributed by atoms with Gasteiger partial charge < -0.3 is 5.11 Å². The molecule has 1 aliphatic rings. The maximum absolute atomic E-state index is 10.3. The van der Waals surface area contributed by atoms with Gasteiger partial charge in [-0.25, -0.2) is 0 Å². The zero-order valence-corrected chi connectivity index (χ0v) is 11.5. The van der Waals surface area contributed by atoms with Crippen molar-refractivity contribution in [2.45, 2.75) is 26.0 Å². The molecule has 1 aromatic heterocycles. The monoisotopic (exact) mass is 256 g/mol. The second-order valence-electron chi connectivity index (χ2n) is 5.89. The quantitative estimate of drug-likeness (QED) is 0.916. The van der Waals surface area contributed by atoms with Gasteiger partial charge in [0.1, 0.15) is 0 Å². The number of aromatic nitrogens is 1. The molecule has 0 spiro atoms. The first-order valence-electron chi connectivity index (χ1n) is 6.86. The molecule has 0 saturated carbocycles. The lowest BCUT2D eigenvalue weighted by molar-refractivity contribution is -0.130. The molecular formula is C16H20N2O. The zero-order valence-electron chi connectivity index (χ0n) is 11.5. The molecule has 0 amide bonds. The normalized spacial score (nSPS) is 18.7. The van der Waals surface area contributed by atoms with Crippen LogP contribution in [-0.4, -0.2) is 33.7 Å². The van der Waals surface area contributed by atoms with Gasteiger partial charge in [0.05, 0.1) is 11.1 Å². The number of benzene rings is 1. The van der Waals surface area contributed by atoms with Crippen molar-refractivity contribution in [1.29, 1.82) is 0 Å². The highest BCUT2D eigenvalue weighted by Crippen LogP contribution is 2.30. The van der Waals surface area contributed by atoms with E-state index in [1.807, 2.05) is 24.4 Å². The maximum Gasteiger partial charge on any atom is 0.0923 e. The van der Waals surface area contributed by atoms with Crippen LogP contribution in [0.3, 0.4) is 0 Å². The Morgan fingerprint density at radius 2 is 2.00 bits per heavy atom. The van der Waals surface area contributed by atoms with E-state index in [4.69, 9.17) is 0 Å². The fourth-order valence-electron chi connectivity index (χ4n) is 2.74. The fourth-order valence-corrected chi connectivity index (χ4v) is 2.74. The lowest BCUT2D eigenvalue weighted by Gasteiger charge is -2.49. The molecule has 3 rings (SSSR count). The number of hydrogen-bond donors (Lipinski definition) is 1. The number of nitrogens with zero attached hydrogens (tertiary/aromatic N) is 2. The summed E-state index contributed by atoms with van der Waals surface area (Å²) >= 11 is 0. The van der Waals surface area contributed by atoms with Crippen LogP contribution >= 0.6 is 0 Å². The van der Waals surface area contributed by atoms with Crippen molar-refractivity contribution in [2.24, 2.45) is 5.92 Å². The Labute approximate surface area is 113 Å². The Kier molecular flexibility index (Phi) is 3.03. The minimum atomic E-state index is -0.497. The van der Waals surface area contributed by atoms with Gasteiger partial charge >= 0.3 is 0 Å². The minimum Gasteiger partial charge on any atom is -0.387 e. The van der Waals surface area contributed by atoms with Crippen molar-refractivity contribution in [2.75, 3.05) is 13.1 Å². The van der Waals surface area contributed by atoms with E-state index < -0.39 is 5.60 Å². The zero-order chi connectivity index (χ0) is 13.5. The van der Waals surface area contributed by atoms with Gasteiger partial charge in [-0.3, -0.25) is 9.88 Å². The van der Waals surface area contributed by atoms with Crippen LogP contribution < -0.4 is 0 Å². The van der Waals surface area contributed by atoms with Crippen LogP contribution in [-0.2, 0) is 6.54 Å². The van der Waals surface area contributed by atoms with Gasteiger partial charge in [-0.2, -0.15) is 0 Å². The third-order valence-electron chi connectivity index (χ3n) is 4.20. The fraction of sp³-hybridized carbons (Fsp3) is 0.438. The maximum atomic E-state index is 10.3. The van der Waals surface area contributed by atoms with Gasteiger partial charge in [-0.15, -0.1) is 0 Å². The third kappa shape index (κ3) is 2.24. The van der Waals surface area contributed by atoms with E-state index in [9.17, 15) is 5.11 Å². The van der Waals surface area contributed by atoms with E-state index >= 15 is 0 Å². The molecular weight excluding hydrogens is 236 g/mol. The minimum absolute atomic E-state index is 0.318. The molecule has 1 aromatic carbocycles. The van der Waals surface area contributed by atoms with E-state index in [2.05, 4.69) is 35.9 Å². The number of para-hydroxylation sites is 1. The molecule has 1 saturated heterocycles. The van der Waals surface area contributed by atoms with E-state index in [0.717, 1.165) is 25.2 Å². The van der Waals surface area contributed by atoms with Crippen molar-refractivity contribution in [3.8, 4) is 0 Å². The predicted molar refractivity (Wildman–Crippen MR) is 76.8 cm³/mol. The van der Waals surface area contributed by atoms with Gasteiger partial charge in [-0.1, -0.05) is 32.0 Å². The Morgan fingerprint density at radius 3 is 2.74 bits per heavy atom. The molecule has 0 aliphatic carbocycles. The molecule has 3 nitrogen and oxygen atoms in total. The molecule has 2 heterocycles. The van der Waals surface area contributed by atoms with Crippen LogP contribution in [0.2, 0.25) is 0 Å². The SMILES string of the molecule is CC(C)C1(O)CN(Cc2ccnc3ccccc23)C1. The number of hydrogen-bond acceptors (Lipinski definition) is 3. The lowest BCUT2D eigenvalue weighted by Crippen LogP contribution is -2.63. The third-order valence-corrected chi connectivity index (χ3v) is 4.20. The summed E-state index contributed by atoms with van der Waals surface area (Å²) in [6.07, 6.45) is 1.87. The first-order chi connectivity index (χ1) is 9.08. The van der Waals surface area contributed by atoms with Crippen molar-refractivity contribution < 1.29 is 5.11 Å². The van der Waals surface area contributed by atoms with E-state index in [-0.39, 0.29) is 0 Å². The van der Waals surface area contributed by atoms with Crippen molar-refractivity contribution in [3.63, 3.8) is 0 Å². The number of aliphatic hydroxyl groups is 1. The van der Waals surface area contributed by atoms with Crippen LogP contribution in [0.4, 0.5) is 0 Å². The summed E-state index contributed by atoms with van der Waals surface area (Å²) in [6.45, 7) is 6.58. The van der Waals surface area contributed by atoms with Crippen LogP contribution in [0, 0.1) is 5.92 Å². The Bertz CT molecular complexity index is 583. The molecule has 1 aliphatic heterocycles. The van der Waals surface area contributed by atoms with Gasteiger partial charge in [-0.05, 0) is 23.6 Å². The Balaban J connectivity index is 1.77. The highest BCUT2D eigenvalue weighted by atomic mass is 16.3. The standard InChI is InChI=1S/C16H20N2O/c1-12(2)16(19)10-18(11-16)9-13-7-8-17-15-6-4-3-5-14(13)15/h3-8,12,19H,9-11H2,1-2H3. The van der Waals surface area contributed by atoms with Crippen molar-refractivity contribution in [1.82, 2.24) is 9.88 Å². The molecule has 2 aromatic rings. The Hall–Kier alpha value is -1.45. The summed E-state index contributed by atoms with van der Waals surface area (Å²) in [7, 11) is 0. The summed E-state index contributed by atoms with van der Waals surface area (Å²) < 4.78 is 0. The van der Waals surface area contributed by atoms with Crippen LogP contribution in [0.1, 0.15) is 19.4 Å². The molecule has 0 unspecified atom stereocenters. The summed E-state index contributed by atoms with van der Waals surface area (Å²) in [5.74, 6) is 0.318. The Morgan fingerprint density at radius 1 is 1.26 bits per heavy atom. The number of β-amino-alcohol motifs (C(OH)–C–C–N with tert-alkyl or cyclic N) is 1. The largest absolute Gasteiger partial charge is 0.387 e. The van der Waals surface area contributed by atoms with E-state index in [1.54, 1.807) is 0 Å². The van der Waals surface area contributed by atoms with Crippen LogP contribution in [0.25, 0.3) is 10.9 Å². The average Bonchev–Trinajstić information content (AvgIpc) is 2.37. The predicted octanol–water partition coefficient (Wildman–Crippen LogP) is 2.44. The van der Waals surface area contributed by atoms with Crippen molar-refractivity contribution in [3.05, 3.63) is 42.1 Å². The summed E-state index contributed by atoms with van der Waals surface area (Å²) in [6, 6.07) is 10.3. The second kappa shape index (κ2) is 4.58. The van der Waals surface area contributed by atoms with Gasteiger partial charge in [0.2, 0.25) is 0 Å². The molecule has 3 heteroatoms. The summed E-state index contributed by atoms with van der Waals surface area (Å²) in [5, 5.41) is 11.5. The average molecular weight is 256 g/mol. The topological polar surface area (TPSA) is 36.4 Å². The number of fused-ring (bicyclic) bond motifs is 1. The number of rotatable bonds is 3. The number of likely N-dealkylation sites (tertiary alicyclic amines) is 1. The first-order valence-corrected chi connectivity index (χ1v) is 6.86. The highest BCUT2D eigenvalue weighted by molar-refractivity contribution is 5.81.